The molecule has 0 aliphatic carbocycles. The number of benzene rings is 2. The van der Waals surface area contributed by atoms with E-state index in [1.165, 1.54) is 45.6 Å². The van der Waals surface area contributed by atoms with E-state index in [1.807, 2.05) is 11.6 Å². The number of hydrogen-bond donors (Lipinski definition) is 0. The normalized spacial score (nSPS) is 18.0. The van der Waals surface area contributed by atoms with Crippen LogP contribution in [0.3, 0.4) is 0 Å². The van der Waals surface area contributed by atoms with Gasteiger partial charge in [-0.2, -0.15) is 0 Å². The van der Waals surface area contributed by atoms with Crippen molar-refractivity contribution in [3.8, 4) is 0 Å². The highest BCUT2D eigenvalue weighted by atomic mass is 32.2. The monoisotopic (exact) mass is 534 g/mol. The maximum absolute atomic E-state index is 6.26. The molecule has 2 aromatic carbocycles. The van der Waals surface area contributed by atoms with Gasteiger partial charge in [0.1, 0.15) is 0 Å². The van der Waals surface area contributed by atoms with Gasteiger partial charge in [0, 0.05) is 21.2 Å². The summed E-state index contributed by atoms with van der Waals surface area (Å²) < 4.78 is 6.26. The van der Waals surface area contributed by atoms with Gasteiger partial charge in [-0.3, -0.25) is 0 Å². The van der Waals surface area contributed by atoms with Gasteiger partial charge < -0.3 is 4.65 Å². The molecule has 3 heteroatoms. The van der Waals surface area contributed by atoms with Crippen molar-refractivity contribution in [2.24, 2.45) is 17.3 Å². The van der Waals surface area contributed by atoms with Crippen LogP contribution in [0, 0.1) is 31.1 Å². The van der Waals surface area contributed by atoms with Crippen molar-refractivity contribution < 1.29 is 4.65 Å². The molecule has 1 atom stereocenters. The Hall–Kier alpha value is -1.19. The van der Waals surface area contributed by atoms with Gasteiger partial charge in [-0.25, -0.2) is 0 Å². The minimum absolute atomic E-state index is 0.0390. The largest absolute Gasteiger partial charge is 0.420 e. The van der Waals surface area contributed by atoms with Gasteiger partial charge in [0.2, 0.25) is 0 Å². The molecule has 0 N–H and O–H groups in total. The quantitative estimate of drug-likeness (QED) is 0.280. The number of hydrogen-bond acceptors (Lipinski definition) is 2. The summed E-state index contributed by atoms with van der Waals surface area (Å²) in [6, 6.07) is 14.5. The zero-order valence-corrected chi connectivity index (χ0v) is 27.7. The van der Waals surface area contributed by atoms with E-state index in [-0.39, 0.29) is 22.5 Å². The molecule has 1 saturated heterocycles. The van der Waals surface area contributed by atoms with E-state index in [0.717, 1.165) is 18.8 Å². The first-order valence-corrected chi connectivity index (χ1v) is 15.9. The van der Waals surface area contributed by atoms with E-state index in [0.29, 0.717) is 11.3 Å². The van der Waals surface area contributed by atoms with Crippen LogP contribution in [0.5, 0.6) is 0 Å². The molecule has 3 rings (SSSR count). The van der Waals surface area contributed by atoms with Crippen LogP contribution >= 0.6 is 11.6 Å². The standard InChI is InChI=1S/C35H55BOS/c1-14-35(15-2,28-18-16-27(25(5)22-28)17-20-30(24(3)4)32(7,8)9)29-19-21-31(26(6)23-29)38-36-33(10,11)34(12,13)37-36/h16,18-19,21-24,30H,14-15,17,20H2,1-13H3. The first kappa shape index (κ1) is 31.3. The third kappa shape index (κ3) is 5.95. The maximum Gasteiger partial charge on any atom is 0.375 e. The maximum atomic E-state index is 6.26. The Kier molecular flexibility index (Phi) is 9.37. The Morgan fingerprint density at radius 1 is 0.868 bits per heavy atom. The molecule has 0 spiro atoms. The molecule has 0 aromatic heterocycles. The summed E-state index contributed by atoms with van der Waals surface area (Å²) >= 11 is 1.89. The first-order valence-electron chi connectivity index (χ1n) is 15.1. The summed E-state index contributed by atoms with van der Waals surface area (Å²) in [5.74, 6) is 1.44. The van der Waals surface area contributed by atoms with Crippen molar-refractivity contribution in [3.05, 3.63) is 64.2 Å². The molecule has 1 aliphatic heterocycles. The van der Waals surface area contributed by atoms with Gasteiger partial charge in [0.05, 0.1) is 0 Å². The van der Waals surface area contributed by atoms with E-state index in [1.54, 1.807) is 0 Å². The van der Waals surface area contributed by atoms with E-state index in [2.05, 4.69) is 126 Å². The fourth-order valence-corrected chi connectivity index (χ4v) is 8.23. The van der Waals surface area contributed by atoms with Crippen LogP contribution in [-0.4, -0.2) is 11.8 Å². The van der Waals surface area contributed by atoms with Crippen LogP contribution < -0.4 is 0 Å². The van der Waals surface area contributed by atoms with Gasteiger partial charge in [-0.15, -0.1) is 11.6 Å². The van der Waals surface area contributed by atoms with Crippen molar-refractivity contribution in [1.29, 1.82) is 0 Å². The summed E-state index contributed by atoms with van der Waals surface area (Å²) in [4.78, 5) is 1.34. The van der Waals surface area contributed by atoms with Crippen molar-refractivity contribution in [2.45, 2.75) is 137 Å². The lowest BCUT2D eigenvalue weighted by atomic mass is 9.49. The zero-order chi connectivity index (χ0) is 28.7. The highest BCUT2D eigenvalue weighted by molar-refractivity contribution is 8.25. The van der Waals surface area contributed by atoms with E-state index < -0.39 is 0 Å². The molecule has 210 valence electrons. The summed E-state index contributed by atoms with van der Waals surface area (Å²) in [6.07, 6.45) is 4.82. The Bertz CT molecular complexity index is 1100. The molecule has 2 aromatic rings. The summed E-state index contributed by atoms with van der Waals surface area (Å²) in [7, 11) is 0. The summed E-state index contributed by atoms with van der Waals surface area (Å²) in [5.41, 5.74) is 7.55. The molecule has 1 heterocycles. The lowest BCUT2D eigenvalue weighted by molar-refractivity contribution is -0.00483. The van der Waals surface area contributed by atoms with Crippen molar-refractivity contribution in [2.75, 3.05) is 0 Å². The third-order valence-corrected chi connectivity index (χ3v) is 11.9. The van der Waals surface area contributed by atoms with Gasteiger partial charge in [-0.1, -0.05) is 92.6 Å². The Morgan fingerprint density at radius 2 is 1.42 bits per heavy atom. The highest BCUT2D eigenvalue weighted by Gasteiger charge is 2.59. The molecule has 38 heavy (non-hydrogen) atoms. The Morgan fingerprint density at radius 3 is 1.84 bits per heavy atom. The van der Waals surface area contributed by atoms with Crippen LogP contribution in [0.1, 0.15) is 123 Å². The highest BCUT2D eigenvalue weighted by Crippen LogP contribution is 2.58. The fourth-order valence-electron chi connectivity index (χ4n) is 6.74. The minimum Gasteiger partial charge on any atom is -0.420 e. The Labute approximate surface area is 240 Å². The van der Waals surface area contributed by atoms with Crippen molar-refractivity contribution in [3.63, 3.8) is 0 Å². The van der Waals surface area contributed by atoms with E-state index in [9.17, 15) is 0 Å². The second-order valence-electron chi connectivity index (χ2n) is 14.5. The molecule has 0 bridgehead atoms. The molecule has 0 radical (unpaired) electrons. The van der Waals surface area contributed by atoms with Gasteiger partial charge in [0.25, 0.3) is 0 Å². The number of aryl methyl sites for hydroxylation is 3. The topological polar surface area (TPSA) is 9.23 Å². The first-order chi connectivity index (χ1) is 17.5. The van der Waals surface area contributed by atoms with Crippen LogP contribution in [0.4, 0.5) is 0 Å². The van der Waals surface area contributed by atoms with Crippen LogP contribution in [0.25, 0.3) is 0 Å². The van der Waals surface area contributed by atoms with Crippen LogP contribution in [-0.2, 0) is 16.5 Å². The molecule has 1 unspecified atom stereocenters. The minimum atomic E-state index is -0.0649. The van der Waals surface area contributed by atoms with Crippen LogP contribution in [0.2, 0.25) is 5.31 Å². The van der Waals surface area contributed by atoms with Crippen molar-refractivity contribution in [1.82, 2.24) is 0 Å². The number of rotatable bonds is 10. The van der Waals surface area contributed by atoms with Crippen LogP contribution in [0.15, 0.2) is 41.3 Å². The summed E-state index contributed by atoms with van der Waals surface area (Å²) in [6.45, 7) is 30.3. The molecule has 0 saturated carbocycles. The lowest BCUT2D eigenvalue weighted by Gasteiger charge is -2.56. The van der Waals surface area contributed by atoms with E-state index in [4.69, 9.17) is 4.65 Å². The zero-order valence-electron chi connectivity index (χ0n) is 26.8. The predicted octanol–water partition coefficient (Wildman–Crippen LogP) is 10.8. The van der Waals surface area contributed by atoms with Crippen molar-refractivity contribution >= 4 is 17.8 Å². The molecule has 0 amide bonds. The second-order valence-corrected chi connectivity index (χ2v) is 15.6. The molecular formula is C35H55BOS. The fraction of sp³-hybridized carbons (Fsp3) is 0.657. The Balaban J connectivity index is 1.85. The predicted molar refractivity (Wildman–Crippen MR) is 171 cm³/mol. The second kappa shape index (κ2) is 11.4. The third-order valence-electron chi connectivity index (χ3n) is 10.2. The molecule has 1 aliphatic rings. The van der Waals surface area contributed by atoms with Gasteiger partial charge in [0.15, 0.2) is 0 Å². The smallest absolute Gasteiger partial charge is 0.375 e. The summed E-state index contributed by atoms with van der Waals surface area (Å²) in [5, 5.41) is 0.153. The average Bonchev–Trinajstić information content (AvgIpc) is 2.81. The molecule has 1 nitrogen and oxygen atoms in total. The van der Waals surface area contributed by atoms with Gasteiger partial charge >= 0.3 is 6.19 Å². The lowest BCUT2D eigenvalue weighted by Crippen LogP contribution is -2.59. The molecular weight excluding hydrogens is 479 g/mol. The SMILES string of the molecule is CCC(CC)(c1ccc(CCC(C(C)C)C(C)(C)C)c(C)c1)c1ccc(SB2OC(C)(C)C2(C)C)c(C)c1. The average molecular weight is 535 g/mol. The van der Waals surface area contributed by atoms with Gasteiger partial charge in [-0.05, 0) is 105 Å². The van der Waals surface area contributed by atoms with E-state index >= 15 is 0 Å². The molecule has 1 fully saturated rings.